The Morgan fingerprint density at radius 1 is 1.18 bits per heavy atom. The van der Waals surface area contributed by atoms with Crippen LogP contribution in [0.2, 0.25) is 0 Å². The molecule has 1 atom stereocenters. The lowest BCUT2D eigenvalue weighted by Gasteiger charge is -2.34. The van der Waals surface area contributed by atoms with Crippen molar-refractivity contribution in [3.63, 3.8) is 0 Å². The summed E-state index contributed by atoms with van der Waals surface area (Å²) in [5.41, 5.74) is 5.12. The number of rotatable bonds is 4. The second kappa shape index (κ2) is 7.84. The Hall–Kier alpha value is -3.15. The molecule has 1 amide bonds. The van der Waals surface area contributed by atoms with Gasteiger partial charge in [0.05, 0.1) is 5.56 Å². The zero-order valence-corrected chi connectivity index (χ0v) is 16.3. The second-order valence-electron chi connectivity index (χ2n) is 7.41. The van der Waals surface area contributed by atoms with Gasteiger partial charge in [0.1, 0.15) is 6.33 Å². The minimum atomic E-state index is 0.0404. The van der Waals surface area contributed by atoms with Crippen molar-refractivity contribution in [1.29, 1.82) is 0 Å². The third-order valence-corrected chi connectivity index (χ3v) is 5.41. The fourth-order valence-corrected chi connectivity index (χ4v) is 3.73. The van der Waals surface area contributed by atoms with Crippen molar-refractivity contribution in [2.75, 3.05) is 18.4 Å². The van der Waals surface area contributed by atoms with E-state index < -0.39 is 0 Å². The van der Waals surface area contributed by atoms with Gasteiger partial charge < -0.3 is 10.2 Å². The van der Waals surface area contributed by atoms with Crippen LogP contribution in [0.5, 0.6) is 0 Å². The maximum atomic E-state index is 13.2. The van der Waals surface area contributed by atoms with Crippen LogP contribution in [0, 0.1) is 13.8 Å². The van der Waals surface area contributed by atoms with Gasteiger partial charge >= 0.3 is 0 Å². The zero-order valence-electron chi connectivity index (χ0n) is 16.3. The summed E-state index contributed by atoms with van der Waals surface area (Å²) in [6.45, 7) is 5.70. The first kappa shape index (κ1) is 18.2. The van der Waals surface area contributed by atoms with Gasteiger partial charge in [-0.1, -0.05) is 24.3 Å². The molecular formula is C22H25N5O. The number of nitrogens with one attached hydrogen (secondary N) is 2. The maximum Gasteiger partial charge on any atom is 0.254 e. The first-order chi connectivity index (χ1) is 13.6. The van der Waals surface area contributed by atoms with Gasteiger partial charge in [-0.2, -0.15) is 5.10 Å². The van der Waals surface area contributed by atoms with Crippen LogP contribution in [0.25, 0.3) is 11.4 Å². The van der Waals surface area contributed by atoms with Crippen molar-refractivity contribution in [3.05, 3.63) is 65.5 Å². The van der Waals surface area contributed by atoms with Gasteiger partial charge in [0.15, 0.2) is 5.82 Å². The lowest BCUT2D eigenvalue weighted by molar-refractivity contribution is 0.0715. The standard InChI is InChI=1S/C22H25N5O/c1-15-9-10-17(12-16(15)2)25-18-6-5-11-27(13-18)22(28)20-8-4-3-7-19(20)21-23-14-24-26-21/h3-4,7-10,12,14,18,25H,5-6,11,13H2,1-2H3,(H,23,24,26)/t18-/m1/s1. The van der Waals surface area contributed by atoms with Crippen molar-refractivity contribution in [2.24, 2.45) is 0 Å². The highest BCUT2D eigenvalue weighted by atomic mass is 16.2. The number of hydrogen-bond donors (Lipinski definition) is 2. The number of anilines is 1. The molecule has 1 aromatic heterocycles. The van der Waals surface area contributed by atoms with E-state index in [4.69, 9.17) is 0 Å². The van der Waals surface area contributed by atoms with E-state index in [0.29, 0.717) is 17.9 Å². The van der Waals surface area contributed by atoms with Crippen LogP contribution in [0.4, 0.5) is 5.69 Å². The number of H-pyrrole nitrogens is 1. The Bertz CT molecular complexity index is 967. The Kier molecular flexibility index (Phi) is 5.10. The van der Waals surface area contributed by atoms with E-state index in [-0.39, 0.29) is 11.9 Å². The van der Waals surface area contributed by atoms with Crippen LogP contribution >= 0.6 is 0 Å². The summed E-state index contributed by atoms with van der Waals surface area (Å²) in [6, 6.07) is 14.2. The zero-order chi connectivity index (χ0) is 19.5. The number of benzene rings is 2. The molecule has 2 N–H and O–H groups in total. The summed E-state index contributed by atoms with van der Waals surface area (Å²) in [6.07, 6.45) is 3.50. The molecule has 1 fully saturated rings. The largest absolute Gasteiger partial charge is 0.381 e. The van der Waals surface area contributed by atoms with Gasteiger partial charge in [0, 0.05) is 30.4 Å². The van der Waals surface area contributed by atoms with E-state index in [1.54, 1.807) is 0 Å². The van der Waals surface area contributed by atoms with Gasteiger partial charge in [0.25, 0.3) is 5.91 Å². The number of nitrogens with zero attached hydrogens (tertiary/aromatic N) is 3. The van der Waals surface area contributed by atoms with Crippen LogP contribution in [0.1, 0.15) is 34.3 Å². The molecular weight excluding hydrogens is 350 g/mol. The molecule has 0 saturated carbocycles. The van der Waals surface area contributed by atoms with E-state index in [9.17, 15) is 4.79 Å². The maximum absolute atomic E-state index is 13.2. The molecule has 144 valence electrons. The monoisotopic (exact) mass is 375 g/mol. The fraction of sp³-hybridized carbons (Fsp3) is 0.318. The molecule has 2 aromatic carbocycles. The summed E-state index contributed by atoms with van der Waals surface area (Å²) in [5, 5.41) is 10.4. The first-order valence-electron chi connectivity index (χ1n) is 9.69. The van der Waals surface area contributed by atoms with Crippen molar-refractivity contribution < 1.29 is 4.79 Å². The molecule has 4 rings (SSSR count). The second-order valence-corrected chi connectivity index (χ2v) is 7.41. The number of aromatic nitrogens is 3. The fourth-order valence-electron chi connectivity index (χ4n) is 3.73. The lowest BCUT2D eigenvalue weighted by Crippen LogP contribution is -2.45. The van der Waals surface area contributed by atoms with Crippen LogP contribution in [-0.4, -0.2) is 45.1 Å². The number of aromatic amines is 1. The summed E-state index contributed by atoms with van der Waals surface area (Å²) in [5.74, 6) is 0.657. The number of hydrogen-bond acceptors (Lipinski definition) is 4. The number of carbonyl (C=O) groups excluding carboxylic acids is 1. The van der Waals surface area contributed by atoms with Crippen molar-refractivity contribution >= 4 is 11.6 Å². The predicted octanol–water partition coefficient (Wildman–Crippen LogP) is 3.81. The van der Waals surface area contributed by atoms with Crippen LogP contribution < -0.4 is 5.32 Å². The van der Waals surface area contributed by atoms with Crippen molar-refractivity contribution in [3.8, 4) is 11.4 Å². The van der Waals surface area contributed by atoms with Gasteiger partial charge in [-0.25, -0.2) is 4.98 Å². The summed E-state index contributed by atoms with van der Waals surface area (Å²) in [4.78, 5) is 19.4. The highest BCUT2D eigenvalue weighted by molar-refractivity contribution is 6.00. The molecule has 0 aliphatic carbocycles. The molecule has 6 heteroatoms. The van der Waals surface area contributed by atoms with E-state index in [0.717, 1.165) is 30.6 Å². The highest BCUT2D eigenvalue weighted by Crippen LogP contribution is 2.24. The SMILES string of the molecule is Cc1ccc(N[C@@H]2CCCN(C(=O)c3ccccc3-c3ncn[nH]3)C2)cc1C. The van der Waals surface area contributed by atoms with Gasteiger partial charge in [-0.15, -0.1) is 0 Å². The van der Waals surface area contributed by atoms with Crippen LogP contribution in [0.15, 0.2) is 48.8 Å². The van der Waals surface area contributed by atoms with Crippen LogP contribution in [-0.2, 0) is 0 Å². The molecule has 1 saturated heterocycles. The number of piperidine rings is 1. The van der Waals surface area contributed by atoms with E-state index in [1.165, 1.54) is 17.5 Å². The normalized spacial score (nSPS) is 16.8. The number of carbonyl (C=O) groups is 1. The minimum Gasteiger partial charge on any atom is -0.381 e. The molecule has 1 aliphatic heterocycles. The Labute approximate surface area is 165 Å². The average molecular weight is 375 g/mol. The molecule has 1 aliphatic rings. The molecule has 3 aromatic rings. The quantitative estimate of drug-likeness (QED) is 0.727. The van der Waals surface area contributed by atoms with E-state index in [1.807, 2.05) is 29.2 Å². The van der Waals surface area contributed by atoms with Crippen molar-refractivity contribution in [1.82, 2.24) is 20.1 Å². The van der Waals surface area contributed by atoms with E-state index in [2.05, 4.69) is 52.5 Å². The minimum absolute atomic E-state index is 0.0404. The highest BCUT2D eigenvalue weighted by Gasteiger charge is 2.26. The lowest BCUT2D eigenvalue weighted by atomic mass is 10.0. The van der Waals surface area contributed by atoms with Gasteiger partial charge in [-0.05, 0) is 56.0 Å². The van der Waals surface area contributed by atoms with Gasteiger partial charge in [-0.3, -0.25) is 9.89 Å². The summed E-state index contributed by atoms with van der Waals surface area (Å²) >= 11 is 0. The third kappa shape index (κ3) is 3.76. The topological polar surface area (TPSA) is 73.9 Å². The average Bonchev–Trinajstić information content (AvgIpc) is 3.25. The molecule has 0 bridgehead atoms. The number of amides is 1. The Morgan fingerprint density at radius 2 is 2.04 bits per heavy atom. The van der Waals surface area contributed by atoms with Crippen LogP contribution in [0.3, 0.4) is 0 Å². The van der Waals surface area contributed by atoms with E-state index >= 15 is 0 Å². The number of aryl methyl sites for hydroxylation is 2. The first-order valence-corrected chi connectivity index (χ1v) is 9.69. The summed E-state index contributed by atoms with van der Waals surface area (Å²) in [7, 11) is 0. The molecule has 28 heavy (non-hydrogen) atoms. The van der Waals surface area contributed by atoms with Gasteiger partial charge in [0.2, 0.25) is 0 Å². The molecule has 0 unspecified atom stereocenters. The van der Waals surface area contributed by atoms with Crippen molar-refractivity contribution in [2.45, 2.75) is 32.7 Å². The molecule has 0 radical (unpaired) electrons. The smallest absolute Gasteiger partial charge is 0.254 e. The molecule has 6 nitrogen and oxygen atoms in total. The number of likely N-dealkylation sites (tertiary alicyclic amines) is 1. The Morgan fingerprint density at radius 3 is 2.82 bits per heavy atom. The third-order valence-electron chi connectivity index (χ3n) is 5.41. The predicted molar refractivity (Wildman–Crippen MR) is 110 cm³/mol. The summed E-state index contributed by atoms with van der Waals surface area (Å²) < 4.78 is 0. The molecule has 2 heterocycles. The molecule has 0 spiro atoms. The Balaban J connectivity index is 1.50.